The molecule has 4 rings (SSSR count). The van der Waals surface area contributed by atoms with E-state index in [9.17, 15) is 4.79 Å². The van der Waals surface area contributed by atoms with E-state index >= 15 is 0 Å². The van der Waals surface area contributed by atoms with Crippen LogP contribution in [0.1, 0.15) is 74.5 Å². The van der Waals surface area contributed by atoms with Gasteiger partial charge in [-0.25, -0.2) is 0 Å². The van der Waals surface area contributed by atoms with E-state index in [4.69, 9.17) is 0 Å². The van der Waals surface area contributed by atoms with Gasteiger partial charge in [-0.2, -0.15) is 0 Å². The van der Waals surface area contributed by atoms with Crippen molar-refractivity contribution in [2.75, 3.05) is 0 Å². The molecular formula is C19H25N3OS2. The first-order valence-electron chi connectivity index (χ1n) is 9.47. The maximum atomic E-state index is 12.3. The second-order valence-electron chi connectivity index (χ2n) is 7.14. The summed E-state index contributed by atoms with van der Waals surface area (Å²) in [5, 5.41) is 12.2. The third-order valence-corrected chi connectivity index (χ3v) is 7.48. The van der Waals surface area contributed by atoms with E-state index in [1.54, 1.807) is 23.1 Å². The van der Waals surface area contributed by atoms with Crippen molar-refractivity contribution in [1.82, 2.24) is 14.8 Å². The molecular weight excluding hydrogens is 350 g/mol. The van der Waals surface area contributed by atoms with Crippen molar-refractivity contribution in [3.8, 4) is 0 Å². The van der Waals surface area contributed by atoms with Crippen LogP contribution in [0.3, 0.4) is 0 Å². The van der Waals surface area contributed by atoms with Crippen molar-refractivity contribution in [2.45, 2.75) is 80.7 Å². The van der Waals surface area contributed by atoms with Crippen LogP contribution in [0.15, 0.2) is 22.7 Å². The fourth-order valence-corrected chi connectivity index (χ4v) is 5.93. The van der Waals surface area contributed by atoms with Crippen LogP contribution in [0.4, 0.5) is 0 Å². The van der Waals surface area contributed by atoms with Gasteiger partial charge in [0.1, 0.15) is 11.6 Å². The molecule has 0 radical (unpaired) electrons. The molecule has 2 saturated carbocycles. The fraction of sp³-hybridized carbons (Fsp3) is 0.632. The van der Waals surface area contributed by atoms with Crippen LogP contribution >= 0.6 is 23.1 Å². The Morgan fingerprint density at radius 3 is 2.72 bits per heavy atom. The molecule has 6 heteroatoms. The van der Waals surface area contributed by atoms with Gasteiger partial charge < -0.3 is 4.57 Å². The largest absolute Gasteiger partial charge is 0.303 e. The zero-order chi connectivity index (χ0) is 17.1. The Labute approximate surface area is 157 Å². The fourth-order valence-electron chi connectivity index (χ4n) is 3.99. The van der Waals surface area contributed by atoms with E-state index in [0.717, 1.165) is 43.1 Å². The van der Waals surface area contributed by atoms with Crippen LogP contribution in [0.5, 0.6) is 0 Å². The lowest BCUT2D eigenvalue weighted by Gasteiger charge is -2.27. The maximum absolute atomic E-state index is 12.3. The van der Waals surface area contributed by atoms with Crippen LogP contribution in [0, 0.1) is 0 Å². The summed E-state index contributed by atoms with van der Waals surface area (Å²) in [5.74, 6) is 1.47. The summed E-state index contributed by atoms with van der Waals surface area (Å²) in [6.07, 6.45) is 11.1. The third-order valence-electron chi connectivity index (χ3n) is 5.33. The van der Waals surface area contributed by atoms with Crippen LogP contribution in [-0.4, -0.2) is 25.8 Å². The van der Waals surface area contributed by atoms with E-state index in [-0.39, 0.29) is 5.25 Å². The minimum Gasteiger partial charge on any atom is -0.303 e. The van der Waals surface area contributed by atoms with Gasteiger partial charge in [0.25, 0.3) is 0 Å². The predicted octanol–water partition coefficient (Wildman–Crippen LogP) is 5.04. The normalized spacial score (nSPS) is 22.4. The van der Waals surface area contributed by atoms with Crippen molar-refractivity contribution < 1.29 is 4.79 Å². The van der Waals surface area contributed by atoms with Crippen molar-refractivity contribution >= 4 is 28.9 Å². The molecule has 0 saturated heterocycles. The third kappa shape index (κ3) is 4.00. The molecule has 0 N–H and O–H groups in total. The first-order chi connectivity index (χ1) is 12.3. The second kappa shape index (κ2) is 8.04. The topological polar surface area (TPSA) is 47.8 Å². The Morgan fingerprint density at radius 2 is 1.96 bits per heavy atom. The van der Waals surface area contributed by atoms with Crippen LogP contribution in [0.2, 0.25) is 0 Å². The molecule has 2 aromatic rings. The summed E-state index contributed by atoms with van der Waals surface area (Å²) in [7, 11) is 0. The highest BCUT2D eigenvalue weighted by molar-refractivity contribution is 8.00. The number of ketones is 1. The highest BCUT2D eigenvalue weighted by Gasteiger charge is 2.29. The first-order valence-corrected chi connectivity index (χ1v) is 11.2. The van der Waals surface area contributed by atoms with Gasteiger partial charge in [0, 0.05) is 23.8 Å². The SMILES string of the molecule is O=C1CCCC[C@@H]1Sc1nnc(Cc2cccs2)n1C1CCCCC1. The molecule has 25 heavy (non-hydrogen) atoms. The van der Waals surface area contributed by atoms with Crippen molar-refractivity contribution in [2.24, 2.45) is 0 Å². The second-order valence-corrected chi connectivity index (χ2v) is 9.34. The standard InChI is InChI=1S/C19H25N3OS2/c23-16-10-4-5-11-17(16)25-19-21-20-18(13-15-9-6-12-24-15)22(19)14-7-2-1-3-8-14/h6,9,12,14,17H,1-5,7-8,10-11,13H2/t17-/m0/s1. The average Bonchev–Trinajstić information content (AvgIpc) is 3.28. The molecule has 2 fully saturated rings. The van der Waals surface area contributed by atoms with Gasteiger partial charge >= 0.3 is 0 Å². The summed E-state index contributed by atoms with van der Waals surface area (Å²) in [6, 6.07) is 4.76. The molecule has 1 atom stereocenters. The maximum Gasteiger partial charge on any atom is 0.192 e. The Kier molecular flexibility index (Phi) is 5.56. The molecule has 0 bridgehead atoms. The minimum atomic E-state index is 0.0786. The molecule has 2 aliphatic carbocycles. The molecule has 0 spiro atoms. The first kappa shape index (κ1) is 17.3. The lowest BCUT2D eigenvalue weighted by Crippen LogP contribution is -2.23. The van der Waals surface area contributed by atoms with Gasteiger partial charge in [0.05, 0.1) is 5.25 Å². The molecule has 2 aromatic heterocycles. The smallest absolute Gasteiger partial charge is 0.192 e. The van der Waals surface area contributed by atoms with E-state index in [1.807, 2.05) is 0 Å². The van der Waals surface area contributed by atoms with Crippen molar-refractivity contribution in [1.29, 1.82) is 0 Å². The van der Waals surface area contributed by atoms with Gasteiger partial charge in [-0.15, -0.1) is 21.5 Å². The van der Waals surface area contributed by atoms with E-state index in [1.165, 1.54) is 37.0 Å². The average molecular weight is 376 g/mol. The number of carbonyl (C=O) groups excluding carboxylic acids is 1. The number of nitrogens with zero attached hydrogens (tertiary/aromatic N) is 3. The molecule has 0 aliphatic heterocycles. The molecule has 4 nitrogen and oxygen atoms in total. The summed E-state index contributed by atoms with van der Waals surface area (Å²) in [4.78, 5) is 13.6. The van der Waals surface area contributed by atoms with Gasteiger partial charge in [-0.05, 0) is 37.1 Å². The monoisotopic (exact) mass is 375 g/mol. The lowest BCUT2D eigenvalue weighted by atomic mass is 9.95. The molecule has 0 unspecified atom stereocenters. The van der Waals surface area contributed by atoms with Gasteiger partial charge in [-0.3, -0.25) is 4.79 Å². The van der Waals surface area contributed by atoms with E-state index < -0.39 is 0 Å². The van der Waals surface area contributed by atoms with Crippen LogP contribution in [0.25, 0.3) is 0 Å². The lowest BCUT2D eigenvalue weighted by molar-refractivity contribution is -0.119. The number of thiophene rings is 1. The zero-order valence-electron chi connectivity index (χ0n) is 14.5. The number of aromatic nitrogens is 3. The minimum absolute atomic E-state index is 0.0786. The predicted molar refractivity (Wildman–Crippen MR) is 102 cm³/mol. The Bertz CT molecular complexity index is 704. The zero-order valence-corrected chi connectivity index (χ0v) is 16.2. The molecule has 0 aromatic carbocycles. The van der Waals surface area contributed by atoms with E-state index in [0.29, 0.717) is 11.8 Å². The summed E-state index contributed by atoms with van der Waals surface area (Å²) in [6.45, 7) is 0. The molecule has 2 heterocycles. The summed E-state index contributed by atoms with van der Waals surface area (Å²) < 4.78 is 2.38. The number of carbonyl (C=O) groups is 1. The van der Waals surface area contributed by atoms with Gasteiger partial charge in [-0.1, -0.05) is 43.5 Å². The van der Waals surface area contributed by atoms with Gasteiger partial charge in [0.2, 0.25) is 0 Å². The Balaban J connectivity index is 1.60. The number of hydrogen-bond donors (Lipinski definition) is 0. The summed E-state index contributed by atoms with van der Waals surface area (Å²) >= 11 is 3.45. The number of thioether (sulfide) groups is 1. The highest BCUT2D eigenvalue weighted by Crippen LogP contribution is 2.37. The summed E-state index contributed by atoms with van der Waals surface area (Å²) in [5.41, 5.74) is 0. The van der Waals surface area contributed by atoms with Gasteiger partial charge in [0.15, 0.2) is 5.16 Å². The molecule has 134 valence electrons. The van der Waals surface area contributed by atoms with Crippen LogP contribution < -0.4 is 0 Å². The highest BCUT2D eigenvalue weighted by atomic mass is 32.2. The molecule has 2 aliphatic rings. The Hall–Kier alpha value is -1.14. The van der Waals surface area contributed by atoms with Crippen molar-refractivity contribution in [3.63, 3.8) is 0 Å². The number of hydrogen-bond acceptors (Lipinski definition) is 5. The number of rotatable bonds is 5. The molecule has 0 amide bonds. The number of Topliss-reactive ketones (excluding diaryl/α,β-unsaturated/α-hetero) is 1. The van der Waals surface area contributed by atoms with E-state index in [2.05, 4.69) is 32.3 Å². The quantitative estimate of drug-likeness (QED) is 0.734. The Morgan fingerprint density at radius 1 is 1.12 bits per heavy atom. The van der Waals surface area contributed by atoms with Crippen LogP contribution in [-0.2, 0) is 11.2 Å². The van der Waals surface area contributed by atoms with Crippen molar-refractivity contribution in [3.05, 3.63) is 28.2 Å².